The molecule has 7 heteroatoms. The van der Waals surface area contributed by atoms with Crippen LogP contribution in [0.3, 0.4) is 0 Å². The number of carbonyl (C=O) groups excluding carboxylic acids is 2. The van der Waals surface area contributed by atoms with Gasteiger partial charge in [0, 0.05) is 38.1 Å². The molecule has 2 fully saturated rings. The van der Waals surface area contributed by atoms with Gasteiger partial charge in [0.15, 0.2) is 0 Å². The van der Waals surface area contributed by atoms with Gasteiger partial charge in [0.05, 0.1) is 12.6 Å². The lowest BCUT2D eigenvalue weighted by molar-refractivity contribution is -0.135. The maximum Gasteiger partial charge on any atom is 0.325 e. The Kier molecular flexibility index (Phi) is 4.55. The van der Waals surface area contributed by atoms with Crippen LogP contribution in [-0.2, 0) is 9.53 Å². The zero-order valence-electron chi connectivity index (χ0n) is 12.9. The van der Waals surface area contributed by atoms with Crippen LogP contribution in [0.25, 0.3) is 0 Å². The summed E-state index contributed by atoms with van der Waals surface area (Å²) in [4.78, 5) is 25.6. The molecule has 2 aliphatic heterocycles. The second kappa shape index (κ2) is 5.90. The first-order valence-electron chi connectivity index (χ1n) is 7.38. The van der Waals surface area contributed by atoms with E-state index in [1.54, 1.807) is 0 Å². The topological polar surface area (TPSA) is 90.9 Å². The highest BCUT2D eigenvalue weighted by atomic mass is 16.5. The number of β-amino-alcohol motifs (C(OH)–C–C–N with tert-alkyl or cyclic N) is 1. The molecule has 21 heavy (non-hydrogen) atoms. The summed E-state index contributed by atoms with van der Waals surface area (Å²) >= 11 is 0. The van der Waals surface area contributed by atoms with Gasteiger partial charge in [0.1, 0.15) is 5.54 Å². The molecule has 2 aliphatic rings. The van der Waals surface area contributed by atoms with Crippen molar-refractivity contribution in [1.29, 1.82) is 0 Å². The van der Waals surface area contributed by atoms with E-state index in [9.17, 15) is 14.7 Å². The first-order chi connectivity index (χ1) is 9.73. The third kappa shape index (κ3) is 3.72. The fourth-order valence-corrected chi connectivity index (χ4v) is 2.60. The molecule has 2 heterocycles. The van der Waals surface area contributed by atoms with Crippen LogP contribution in [0.1, 0.15) is 33.6 Å². The Balaban J connectivity index is 1.94. The van der Waals surface area contributed by atoms with Gasteiger partial charge in [-0.1, -0.05) is 0 Å². The van der Waals surface area contributed by atoms with Crippen LogP contribution in [-0.4, -0.2) is 65.4 Å². The number of aliphatic hydroxyl groups is 1. The largest absolute Gasteiger partial charge is 0.390 e. The molecule has 1 spiro atoms. The first kappa shape index (κ1) is 16.2. The maximum atomic E-state index is 12.5. The van der Waals surface area contributed by atoms with Crippen molar-refractivity contribution in [3.8, 4) is 0 Å². The van der Waals surface area contributed by atoms with Crippen molar-refractivity contribution in [3.63, 3.8) is 0 Å². The van der Waals surface area contributed by atoms with E-state index < -0.39 is 17.7 Å². The fraction of sp³-hybridized carbons (Fsp3) is 0.857. The van der Waals surface area contributed by atoms with Crippen LogP contribution in [0.2, 0.25) is 0 Å². The summed E-state index contributed by atoms with van der Waals surface area (Å²) in [7, 11) is 0. The van der Waals surface area contributed by atoms with Gasteiger partial charge in [-0.2, -0.15) is 0 Å². The van der Waals surface area contributed by atoms with E-state index >= 15 is 0 Å². The van der Waals surface area contributed by atoms with Crippen molar-refractivity contribution in [2.24, 2.45) is 0 Å². The summed E-state index contributed by atoms with van der Waals surface area (Å²) in [6.07, 6.45) is 0.198. The highest BCUT2D eigenvalue weighted by Gasteiger charge is 2.51. The normalized spacial score (nSPS) is 23.5. The van der Waals surface area contributed by atoms with Crippen LogP contribution >= 0.6 is 0 Å². The van der Waals surface area contributed by atoms with Crippen LogP contribution in [0.15, 0.2) is 0 Å². The molecule has 0 aromatic heterocycles. The SMILES string of the molecule is CC(C)(C)NCC(O)CN1C(=O)NC2(CCOCC2)C1=O. The van der Waals surface area contributed by atoms with Crippen LogP contribution < -0.4 is 10.6 Å². The van der Waals surface area contributed by atoms with Crippen molar-refractivity contribution in [3.05, 3.63) is 0 Å². The summed E-state index contributed by atoms with van der Waals surface area (Å²) in [6.45, 7) is 7.24. The van der Waals surface area contributed by atoms with E-state index in [1.807, 2.05) is 20.8 Å². The second-order valence-electron chi connectivity index (χ2n) is 6.83. The monoisotopic (exact) mass is 299 g/mol. The van der Waals surface area contributed by atoms with Crippen LogP contribution in [0, 0.1) is 0 Å². The number of carbonyl (C=O) groups is 2. The Morgan fingerprint density at radius 2 is 2.00 bits per heavy atom. The third-order valence-electron chi connectivity index (χ3n) is 3.85. The summed E-state index contributed by atoms with van der Waals surface area (Å²) in [5, 5.41) is 16.0. The van der Waals surface area contributed by atoms with E-state index in [0.29, 0.717) is 32.6 Å². The van der Waals surface area contributed by atoms with E-state index in [-0.39, 0.29) is 18.0 Å². The predicted molar refractivity (Wildman–Crippen MR) is 76.8 cm³/mol. The number of aliphatic hydroxyl groups excluding tert-OH is 1. The number of nitrogens with zero attached hydrogens (tertiary/aromatic N) is 1. The minimum absolute atomic E-state index is 0.0103. The lowest BCUT2D eigenvalue weighted by atomic mass is 9.90. The van der Waals surface area contributed by atoms with E-state index in [0.717, 1.165) is 4.90 Å². The van der Waals surface area contributed by atoms with Gasteiger partial charge in [0.25, 0.3) is 5.91 Å². The average molecular weight is 299 g/mol. The van der Waals surface area contributed by atoms with Gasteiger partial charge in [-0.05, 0) is 20.8 Å². The first-order valence-corrected chi connectivity index (χ1v) is 7.38. The molecule has 0 aliphatic carbocycles. The molecule has 0 bridgehead atoms. The van der Waals surface area contributed by atoms with Gasteiger partial charge in [-0.3, -0.25) is 9.69 Å². The Morgan fingerprint density at radius 3 is 2.57 bits per heavy atom. The summed E-state index contributed by atoms with van der Waals surface area (Å²) in [6, 6.07) is -0.420. The van der Waals surface area contributed by atoms with E-state index in [4.69, 9.17) is 4.74 Å². The lowest BCUT2D eigenvalue weighted by Gasteiger charge is -2.30. The van der Waals surface area contributed by atoms with Gasteiger partial charge >= 0.3 is 6.03 Å². The van der Waals surface area contributed by atoms with Crippen molar-refractivity contribution in [1.82, 2.24) is 15.5 Å². The Labute approximate surface area is 125 Å². The summed E-state index contributed by atoms with van der Waals surface area (Å²) in [5.74, 6) is -0.245. The Morgan fingerprint density at radius 1 is 1.38 bits per heavy atom. The molecule has 1 unspecified atom stereocenters. The molecule has 3 amide bonds. The highest BCUT2D eigenvalue weighted by Crippen LogP contribution is 2.28. The Hall–Kier alpha value is -1.18. The molecule has 0 aromatic rings. The fourth-order valence-electron chi connectivity index (χ4n) is 2.60. The number of hydrogen-bond donors (Lipinski definition) is 3. The molecule has 2 saturated heterocycles. The number of urea groups is 1. The highest BCUT2D eigenvalue weighted by molar-refractivity contribution is 6.07. The molecule has 1 atom stereocenters. The number of rotatable bonds is 4. The van der Waals surface area contributed by atoms with E-state index in [2.05, 4.69) is 10.6 Å². The van der Waals surface area contributed by atoms with Crippen molar-refractivity contribution >= 4 is 11.9 Å². The lowest BCUT2D eigenvalue weighted by Crippen LogP contribution is -2.51. The minimum Gasteiger partial charge on any atom is -0.390 e. The number of ether oxygens (including phenoxy) is 1. The molecule has 2 rings (SSSR count). The second-order valence-corrected chi connectivity index (χ2v) is 6.83. The number of amides is 3. The quantitative estimate of drug-likeness (QED) is 0.627. The molecule has 0 saturated carbocycles. The number of hydrogen-bond acceptors (Lipinski definition) is 5. The van der Waals surface area contributed by atoms with Crippen LogP contribution in [0.4, 0.5) is 4.79 Å². The Bertz CT molecular complexity index is 413. The van der Waals surface area contributed by atoms with Gasteiger partial charge < -0.3 is 20.5 Å². The minimum atomic E-state index is -0.827. The zero-order valence-corrected chi connectivity index (χ0v) is 12.9. The predicted octanol–water partition coefficient (Wildman–Crippen LogP) is -0.164. The van der Waals surface area contributed by atoms with Crippen molar-refractivity contribution in [2.75, 3.05) is 26.3 Å². The summed E-state index contributed by atoms with van der Waals surface area (Å²) in [5.41, 5.74) is -0.952. The number of imide groups is 1. The van der Waals surface area contributed by atoms with Gasteiger partial charge in [-0.15, -0.1) is 0 Å². The molecular weight excluding hydrogens is 274 g/mol. The van der Waals surface area contributed by atoms with Crippen LogP contribution in [0.5, 0.6) is 0 Å². The number of nitrogens with one attached hydrogen (secondary N) is 2. The molecule has 0 aromatic carbocycles. The standard InChI is InChI=1S/C14H25N3O4/c1-13(2,3)15-8-10(18)9-17-11(19)14(16-12(17)20)4-6-21-7-5-14/h10,15,18H,4-9H2,1-3H3,(H,16,20). The summed E-state index contributed by atoms with van der Waals surface area (Å²) < 4.78 is 5.25. The zero-order chi connectivity index (χ0) is 15.7. The molecule has 7 nitrogen and oxygen atoms in total. The molecule has 0 radical (unpaired) electrons. The van der Waals surface area contributed by atoms with Gasteiger partial charge in [-0.25, -0.2) is 4.79 Å². The molecule has 3 N–H and O–H groups in total. The average Bonchev–Trinajstić information content (AvgIpc) is 2.61. The van der Waals surface area contributed by atoms with Crippen molar-refractivity contribution < 1.29 is 19.4 Å². The maximum absolute atomic E-state index is 12.5. The van der Waals surface area contributed by atoms with Crippen molar-refractivity contribution in [2.45, 2.75) is 50.8 Å². The molecular formula is C14H25N3O4. The van der Waals surface area contributed by atoms with Gasteiger partial charge in [0.2, 0.25) is 0 Å². The van der Waals surface area contributed by atoms with E-state index in [1.165, 1.54) is 0 Å². The smallest absolute Gasteiger partial charge is 0.325 e. The molecule has 120 valence electrons. The third-order valence-corrected chi connectivity index (χ3v) is 3.85.